The van der Waals surface area contributed by atoms with Crippen LogP contribution >= 0.6 is 11.6 Å². The molecular formula is C25H28ClFN2O5. The molecule has 0 aliphatic heterocycles. The second-order valence-electron chi connectivity index (χ2n) is 8.00. The molecule has 0 amide bonds. The lowest BCUT2D eigenvalue weighted by Gasteiger charge is -2.14. The van der Waals surface area contributed by atoms with Crippen LogP contribution in [0.2, 0.25) is 5.02 Å². The van der Waals surface area contributed by atoms with Crippen molar-refractivity contribution in [3.8, 4) is 17.4 Å². The summed E-state index contributed by atoms with van der Waals surface area (Å²) in [6, 6.07) is 11.3. The zero-order valence-corrected chi connectivity index (χ0v) is 20.1. The lowest BCUT2D eigenvalue weighted by molar-refractivity contribution is -0.136. The highest BCUT2D eigenvalue weighted by Crippen LogP contribution is 2.32. The molecule has 0 spiro atoms. The van der Waals surface area contributed by atoms with Crippen LogP contribution in [0.3, 0.4) is 0 Å². The Hall–Kier alpha value is -3.26. The maximum atomic E-state index is 13.4. The van der Waals surface area contributed by atoms with Crippen molar-refractivity contribution in [3.63, 3.8) is 0 Å². The Morgan fingerprint density at radius 3 is 2.68 bits per heavy atom. The molecule has 0 fully saturated rings. The molecule has 34 heavy (non-hydrogen) atoms. The number of carbonyl (C=O) groups is 1. The molecule has 0 atom stereocenters. The number of carboxylic acids is 1. The molecule has 1 N–H and O–H groups in total. The van der Waals surface area contributed by atoms with Gasteiger partial charge in [0.15, 0.2) is 11.5 Å². The van der Waals surface area contributed by atoms with Gasteiger partial charge in [0, 0.05) is 22.3 Å². The van der Waals surface area contributed by atoms with Crippen molar-refractivity contribution in [2.75, 3.05) is 13.7 Å². The number of para-hydroxylation sites is 1. The lowest BCUT2D eigenvalue weighted by Crippen LogP contribution is -2.10. The van der Waals surface area contributed by atoms with Gasteiger partial charge in [0.1, 0.15) is 5.82 Å². The molecule has 0 aliphatic carbocycles. The number of aliphatic carboxylic acids is 1. The molecule has 0 radical (unpaired) electrons. The topological polar surface area (TPSA) is 82.8 Å². The minimum atomic E-state index is -0.945. The first-order valence-electron chi connectivity index (χ1n) is 10.9. The molecular weight excluding hydrogens is 463 g/mol. The average Bonchev–Trinajstić information content (AvgIpc) is 3.13. The van der Waals surface area contributed by atoms with Gasteiger partial charge in [-0.2, -0.15) is 0 Å². The molecule has 0 aliphatic rings. The molecule has 2 aromatic carbocycles. The van der Waals surface area contributed by atoms with E-state index in [1.807, 2.05) is 19.9 Å². The van der Waals surface area contributed by atoms with Crippen molar-refractivity contribution < 1.29 is 28.5 Å². The smallest absolute Gasteiger partial charge is 0.307 e. The second kappa shape index (κ2) is 11.7. The fraction of sp³-hybridized carbons (Fsp3) is 0.360. The molecule has 1 aromatic heterocycles. The maximum absolute atomic E-state index is 13.4. The Morgan fingerprint density at radius 2 is 2.00 bits per heavy atom. The zero-order chi connectivity index (χ0) is 24.7. The van der Waals surface area contributed by atoms with E-state index < -0.39 is 11.8 Å². The summed E-state index contributed by atoms with van der Waals surface area (Å²) in [7, 11) is 1.52. The van der Waals surface area contributed by atoms with E-state index in [0.29, 0.717) is 54.0 Å². The molecule has 0 saturated heterocycles. The van der Waals surface area contributed by atoms with Crippen molar-refractivity contribution >= 4 is 17.6 Å². The minimum absolute atomic E-state index is 0.0351. The van der Waals surface area contributed by atoms with Gasteiger partial charge in [-0.05, 0) is 50.5 Å². The van der Waals surface area contributed by atoms with Crippen molar-refractivity contribution in [1.29, 1.82) is 0 Å². The van der Waals surface area contributed by atoms with Gasteiger partial charge < -0.3 is 19.3 Å². The van der Waals surface area contributed by atoms with Crippen molar-refractivity contribution in [1.82, 2.24) is 9.78 Å². The summed E-state index contributed by atoms with van der Waals surface area (Å²) in [6.45, 7) is 4.55. The number of methoxy groups -OCH3 is 1. The van der Waals surface area contributed by atoms with Gasteiger partial charge >= 0.3 is 5.97 Å². The first kappa shape index (κ1) is 25.4. The fourth-order valence-corrected chi connectivity index (χ4v) is 3.72. The molecule has 182 valence electrons. The Morgan fingerprint density at radius 1 is 1.21 bits per heavy atom. The van der Waals surface area contributed by atoms with Gasteiger partial charge in [-0.15, -0.1) is 5.10 Å². The third-order valence-electron chi connectivity index (χ3n) is 4.98. The average molecular weight is 491 g/mol. The summed E-state index contributed by atoms with van der Waals surface area (Å²) in [5.41, 5.74) is 2.20. The number of hydrogen-bond acceptors (Lipinski definition) is 5. The largest absolute Gasteiger partial charge is 0.493 e. The van der Waals surface area contributed by atoms with Crippen molar-refractivity contribution in [2.24, 2.45) is 0 Å². The summed E-state index contributed by atoms with van der Waals surface area (Å²) < 4.78 is 32.2. The van der Waals surface area contributed by atoms with Crippen LogP contribution in [-0.4, -0.2) is 40.7 Å². The van der Waals surface area contributed by atoms with E-state index in [2.05, 4.69) is 5.10 Å². The highest BCUT2D eigenvalue weighted by molar-refractivity contribution is 6.31. The number of hydrogen-bond donors (Lipinski definition) is 1. The van der Waals surface area contributed by atoms with E-state index in [1.165, 1.54) is 19.2 Å². The summed E-state index contributed by atoms with van der Waals surface area (Å²) in [5.74, 6) is 0.0796. The van der Waals surface area contributed by atoms with Crippen molar-refractivity contribution in [3.05, 3.63) is 70.1 Å². The number of carboxylic acid groups (broad SMARTS) is 1. The quantitative estimate of drug-likeness (QED) is 0.353. The minimum Gasteiger partial charge on any atom is -0.493 e. The van der Waals surface area contributed by atoms with Crippen LogP contribution < -0.4 is 14.2 Å². The summed E-state index contributed by atoms with van der Waals surface area (Å²) in [5, 5.41) is 14.0. The first-order valence-corrected chi connectivity index (χ1v) is 11.3. The Bertz CT molecular complexity index is 1130. The highest BCUT2D eigenvalue weighted by Gasteiger charge is 2.15. The number of aryl methyl sites for hydroxylation is 1. The Kier molecular flexibility index (Phi) is 8.76. The van der Waals surface area contributed by atoms with E-state index in [4.69, 9.17) is 25.8 Å². The monoisotopic (exact) mass is 490 g/mol. The third-order valence-corrected chi connectivity index (χ3v) is 5.33. The molecule has 1 heterocycles. The van der Waals surface area contributed by atoms with E-state index in [-0.39, 0.29) is 12.5 Å². The van der Waals surface area contributed by atoms with E-state index in [0.717, 1.165) is 11.3 Å². The number of halogens is 2. The Labute approximate surface area is 203 Å². The van der Waals surface area contributed by atoms with Gasteiger partial charge in [-0.1, -0.05) is 29.8 Å². The van der Waals surface area contributed by atoms with Gasteiger partial charge in [0.2, 0.25) is 5.88 Å². The predicted molar refractivity (Wildman–Crippen MR) is 127 cm³/mol. The lowest BCUT2D eigenvalue weighted by atomic mass is 10.1. The molecule has 9 heteroatoms. The standard InChI is InChI=1S/C25H28ClFN2O5/c1-16(2)34-23-14-20(29(28-23)15-18-9-10-19(27)13-21(18)26)7-5-11-33-25-17(12-24(30)31)6-4-8-22(25)32-3/h4,6,8-10,13-14,16H,5,7,11-12,15H2,1-3H3,(H,30,31). The zero-order valence-electron chi connectivity index (χ0n) is 19.4. The van der Waals surface area contributed by atoms with Crippen molar-refractivity contribution in [2.45, 2.75) is 45.8 Å². The molecule has 0 unspecified atom stereocenters. The number of aromatic nitrogens is 2. The number of rotatable bonds is 12. The van der Waals surface area contributed by atoms with Gasteiger partial charge in [-0.3, -0.25) is 9.48 Å². The summed E-state index contributed by atoms with van der Waals surface area (Å²) >= 11 is 6.21. The van der Waals surface area contributed by atoms with E-state index in [1.54, 1.807) is 28.9 Å². The van der Waals surface area contributed by atoms with Gasteiger partial charge in [-0.25, -0.2) is 4.39 Å². The van der Waals surface area contributed by atoms with Crippen LogP contribution in [0.4, 0.5) is 4.39 Å². The summed E-state index contributed by atoms with van der Waals surface area (Å²) in [6.07, 6.45) is 1.06. The predicted octanol–water partition coefficient (Wildman–Crippen LogP) is 5.16. The molecule has 7 nitrogen and oxygen atoms in total. The molecule has 3 aromatic rings. The number of ether oxygens (including phenoxy) is 3. The van der Waals surface area contributed by atoms with Crippen LogP contribution in [-0.2, 0) is 24.2 Å². The van der Waals surface area contributed by atoms with Crippen LogP contribution in [0.25, 0.3) is 0 Å². The van der Waals surface area contributed by atoms with Crippen LogP contribution in [0.1, 0.15) is 37.1 Å². The number of benzene rings is 2. The second-order valence-corrected chi connectivity index (χ2v) is 8.41. The Balaban J connectivity index is 1.72. The van der Waals surface area contributed by atoms with Crippen LogP contribution in [0.5, 0.6) is 17.4 Å². The molecule has 3 rings (SSSR count). The van der Waals surface area contributed by atoms with Gasteiger partial charge in [0.05, 0.1) is 32.8 Å². The summed E-state index contributed by atoms with van der Waals surface area (Å²) in [4.78, 5) is 11.2. The van der Waals surface area contributed by atoms with Crippen LogP contribution in [0, 0.1) is 5.82 Å². The number of nitrogens with zero attached hydrogens (tertiary/aromatic N) is 2. The fourth-order valence-electron chi connectivity index (χ4n) is 3.49. The van der Waals surface area contributed by atoms with E-state index >= 15 is 0 Å². The SMILES string of the molecule is COc1cccc(CC(=O)O)c1OCCCc1cc(OC(C)C)nn1Cc1ccc(F)cc1Cl. The maximum Gasteiger partial charge on any atom is 0.307 e. The highest BCUT2D eigenvalue weighted by atomic mass is 35.5. The molecule has 0 bridgehead atoms. The van der Waals surface area contributed by atoms with Gasteiger partial charge in [0.25, 0.3) is 0 Å². The van der Waals surface area contributed by atoms with Crippen LogP contribution in [0.15, 0.2) is 42.5 Å². The molecule has 0 saturated carbocycles. The van der Waals surface area contributed by atoms with E-state index in [9.17, 15) is 14.3 Å². The normalized spacial score (nSPS) is 11.0. The third kappa shape index (κ3) is 6.87. The first-order chi connectivity index (χ1) is 16.3.